The number of benzene rings is 1. The summed E-state index contributed by atoms with van der Waals surface area (Å²) in [5.41, 5.74) is 7.12. The van der Waals surface area contributed by atoms with Crippen LogP contribution in [0.25, 0.3) is 17.2 Å². The van der Waals surface area contributed by atoms with Crippen molar-refractivity contribution in [1.29, 1.82) is 0 Å². The normalized spacial score (nSPS) is 16.1. The van der Waals surface area contributed by atoms with E-state index in [9.17, 15) is 0 Å². The maximum Gasteiger partial charge on any atom is -0.0143 e. The third-order valence-electron chi connectivity index (χ3n) is 3.79. The van der Waals surface area contributed by atoms with E-state index in [1.54, 1.807) is 0 Å². The highest BCUT2D eigenvalue weighted by atomic mass is 32.3. The van der Waals surface area contributed by atoms with Gasteiger partial charge in [-0.3, -0.25) is 0 Å². The third kappa shape index (κ3) is 2.35. The van der Waals surface area contributed by atoms with Gasteiger partial charge in [0.1, 0.15) is 0 Å². The molecule has 0 aliphatic heterocycles. The van der Waals surface area contributed by atoms with Crippen molar-refractivity contribution in [1.82, 2.24) is 0 Å². The zero-order chi connectivity index (χ0) is 12.6. The van der Waals surface area contributed by atoms with Gasteiger partial charge in [-0.2, -0.15) is 0 Å². The Morgan fingerprint density at radius 2 is 1.71 bits per heavy atom. The van der Waals surface area contributed by atoms with Gasteiger partial charge in [0.05, 0.1) is 0 Å². The average molecular weight is 246 g/mol. The van der Waals surface area contributed by atoms with E-state index in [0.717, 1.165) is 0 Å². The van der Waals surface area contributed by atoms with Crippen LogP contribution in [0, 0.1) is 0 Å². The van der Waals surface area contributed by atoms with E-state index in [1.807, 2.05) is 0 Å². The van der Waals surface area contributed by atoms with Crippen LogP contribution in [-0.4, -0.2) is 18.3 Å². The molecule has 92 valence electrons. The summed E-state index contributed by atoms with van der Waals surface area (Å²) in [7, 11) is -0.540. The molecule has 0 heterocycles. The second kappa shape index (κ2) is 4.38. The fraction of sp³-hybridized carbons (Fsp3) is 0.375. The highest BCUT2D eigenvalue weighted by Gasteiger charge is 2.18. The lowest BCUT2D eigenvalue weighted by molar-refractivity contribution is 1.40. The van der Waals surface area contributed by atoms with E-state index in [4.69, 9.17) is 0 Å². The van der Waals surface area contributed by atoms with Gasteiger partial charge in [-0.15, -0.1) is 0 Å². The van der Waals surface area contributed by atoms with E-state index in [-0.39, 0.29) is 0 Å². The van der Waals surface area contributed by atoms with Gasteiger partial charge in [0.15, 0.2) is 0 Å². The highest BCUT2D eigenvalue weighted by Crippen LogP contribution is 2.43. The Morgan fingerprint density at radius 3 is 2.35 bits per heavy atom. The monoisotopic (exact) mass is 246 g/mol. The maximum absolute atomic E-state index is 2.40. The molecule has 0 amide bonds. The second-order valence-corrected chi connectivity index (χ2v) is 9.37. The summed E-state index contributed by atoms with van der Waals surface area (Å²) in [5.74, 6) is 1.26. The molecule has 0 atom stereocenters. The Morgan fingerprint density at radius 1 is 1.06 bits per heavy atom. The van der Waals surface area contributed by atoms with Crippen molar-refractivity contribution in [3.8, 4) is 0 Å². The fourth-order valence-electron chi connectivity index (χ4n) is 2.00. The second-order valence-electron chi connectivity index (χ2n) is 5.27. The van der Waals surface area contributed by atoms with E-state index in [0.29, 0.717) is 0 Å². The summed E-state index contributed by atoms with van der Waals surface area (Å²) in [4.78, 5) is 0. The van der Waals surface area contributed by atoms with Gasteiger partial charge in [-0.05, 0) is 71.4 Å². The first-order valence-corrected chi connectivity index (χ1v) is 8.84. The Kier molecular flexibility index (Phi) is 3.22. The molecule has 1 aromatic carbocycles. The molecule has 1 aliphatic rings. The molecule has 0 spiro atoms. The number of fused-ring (bicyclic) bond motifs is 1. The summed E-state index contributed by atoms with van der Waals surface area (Å²) < 4.78 is 0. The number of rotatable bonds is 3. The molecule has 0 saturated heterocycles. The summed E-state index contributed by atoms with van der Waals surface area (Å²) in [6.45, 7) is 6.69. The van der Waals surface area contributed by atoms with E-state index in [1.165, 1.54) is 33.6 Å². The minimum absolute atomic E-state index is 0.540. The largest absolute Gasteiger partial charge is 0.227 e. The Bertz CT molecular complexity index is 504. The van der Waals surface area contributed by atoms with Gasteiger partial charge >= 0.3 is 0 Å². The van der Waals surface area contributed by atoms with Crippen molar-refractivity contribution in [2.75, 3.05) is 18.3 Å². The molecular formula is C16H22S. The topological polar surface area (TPSA) is 0 Å². The number of allylic oxidation sites excluding steroid dienone is 2. The summed E-state index contributed by atoms with van der Waals surface area (Å²) in [6.07, 6.45) is 7.01. The van der Waals surface area contributed by atoms with Crippen LogP contribution in [0.15, 0.2) is 23.6 Å². The minimum atomic E-state index is -0.540. The molecule has 1 heteroatoms. The molecule has 0 saturated carbocycles. The predicted molar refractivity (Wildman–Crippen MR) is 83.6 cm³/mol. The van der Waals surface area contributed by atoms with Crippen LogP contribution in [0.2, 0.25) is 0 Å². The van der Waals surface area contributed by atoms with Crippen LogP contribution in [0.4, 0.5) is 0 Å². The van der Waals surface area contributed by atoms with Gasteiger partial charge < -0.3 is 0 Å². The molecule has 17 heavy (non-hydrogen) atoms. The highest BCUT2D eigenvalue weighted by molar-refractivity contribution is 8.35. The average Bonchev–Trinajstić information content (AvgIpc) is 2.35. The number of hydrogen-bond acceptors (Lipinski definition) is 0. The Hall–Kier alpha value is -0.950. The first-order valence-electron chi connectivity index (χ1n) is 6.16. The molecule has 1 aliphatic carbocycles. The van der Waals surface area contributed by atoms with E-state index >= 15 is 0 Å². The minimum Gasteiger partial charge on any atom is -0.227 e. The summed E-state index contributed by atoms with van der Waals surface area (Å²) >= 11 is 0. The first kappa shape index (κ1) is 12.5. The van der Waals surface area contributed by atoms with Crippen molar-refractivity contribution >= 4 is 27.3 Å². The molecule has 0 nitrogen and oxygen atoms in total. The standard InChI is InChI=1S/C16H22S/c1-6-17(4,5)10-9-14-7-8-15-12(2)13(3)16(15)11-14/h7-11H,6H2,1-5H3/b10-9+. The van der Waals surface area contributed by atoms with Gasteiger partial charge in [-0.25, -0.2) is 10.0 Å². The predicted octanol–water partition coefficient (Wildman–Crippen LogP) is 5.01. The summed E-state index contributed by atoms with van der Waals surface area (Å²) in [5, 5.41) is 2.40. The van der Waals surface area contributed by atoms with Crippen LogP contribution >= 0.6 is 10.0 Å². The smallest absolute Gasteiger partial charge is 0.0143 e. The van der Waals surface area contributed by atoms with Crippen molar-refractivity contribution < 1.29 is 0 Å². The van der Waals surface area contributed by atoms with Crippen molar-refractivity contribution in [3.63, 3.8) is 0 Å². The molecule has 0 aromatic heterocycles. The molecule has 0 unspecified atom stereocenters. The van der Waals surface area contributed by atoms with E-state index in [2.05, 4.69) is 63.0 Å². The maximum atomic E-state index is 2.40. The molecule has 1 aromatic rings. The van der Waals surface area contributed by atoms with Crippen LogP contribution in [0.3, 0.4) is 0 Å². The van der Waals surface area contributed by atoms with Crippen LogP contribution < -0.4 is 0 Å². The SMILES string of the molecule is CCS(C)(C)/C=C/c1ccc2c(c1)C(C)=C2C. The van der Waals surface area contributed by atoms with Crippen molar-refractivity contribution in [2.24, 2.45) is 0 Å². The molecule has 0 bridgehead atoms. The Balaban J connectivity index is 2.23. The molecule has 0 fully saturated rings. The first-order chi connectivity index (χ1) is 7.94. The van der Waals surface area contributed by atoms with Crippen molar-refractivity contribution in [2.45, 2.75) is 20.8 Å². The third-order valence-corrected chi connectivity index (χ3v) is 6.15. The molecule has 2 rings (SSSR count). The van der Waals surface area contributed by atoms with Gasteiger partial charge in [0.2, 0.25) is 0 Å². The number of hydrogen-bond donors (Lipinski definition) is 0. The van der Waals surface area contributed by atoms with Crippen LogP contribution in [-0.2, 0) is 0 Å². The Labute approximate surface area is 107 Å². The van der Waals surface area contributed by atoms with E-state index < -0.39 is 10.0 Å². The van der Waals surface area contributed by atoms with Gasteiger partial charge in [0.25, 0.3) is 0 Å². The van der Waals surface area contributed by atoms with Gasteiger partial charge in [0, 0.05) is 0 Å². The zero-order valence-corrected chi connectivity index (χ0v) is 12.3. The van der Waals surface area contributed by atoms with Crippen LogP contribution in [0.1, 0.15) is 37.5 Å². The fourth-order valence-corrected chi connectivity index (χ4v) is 2.72. The van der Waals surface area contributed by atoms with Gasteiger partial charge in [-0.1, -0.05) is 25.1 Å². The molecule has 0 N–H and O–H groups in total. The zero-order valence-electron chi connectivity index (χ0n) is 11.5. The molecular weight excluding hydrogens is 224 g/mol. The van der Waals surface area contributed by atoms with Crippen LogP contribution in [0.5, 0.6) is 0 Å². The lowest BCUT2D eigenvalue weighted by Crippen LogP contribution is -2.02. The lowest BCUT2D eigenvalue weighted by atomic mass is 9.81. The van der Waals surface area contributed by atoms with Crippen molar-refractivity contribution in [3.05, 3.63) is 40.3 Å². The lowest BCUT2D eigenvalue weighted by Gasteiger charge is -2.25. The quantitative estimate of drug-likeness (QED) is 0.703. The summed E-state index contributed by atoms with van der Waals surface area (Å²) in [6, 6.07) is 6.81. The molecule has 0 radical (unpaired) electrons.